The van der Waals surface area contributed by atoms with Gasteiger partial charge in [-0.15, -0.1) is 0 Å². The molecule has 0 aromatic heterocycles. The summed E-state index contributed by atoms with van der Waals surface area (Å²) >= 11 is 0. The Morgan fingerprint density at radius 3 is 2.04 bits per heavy atom. The molecule has 1 amide bonds. The van der Waals surface area contributed by atoms with Gasteiger partial charge in [-0.3, -0.25) is 4.79 Å². The summed E-state index contributed by atoms with van der Waals surface area (Å²) in [6, 6.07) is 10.5. The Labute approximate surface area is 149 Å². The third-order valence-corrected chi connectivity index (χ3v) is 5.14. The van der Waals surface area contributed by atoms with Crippen molar-refractivity contribution < 1.29 is 13.2 Å². The summed E-state index contributed by atoms with van der Waals surface area (Å²) in [5.74, 6) is -0.298. The first-order valence-corrected chi connectivity index (χ1v) is 9.50. The first kappa shape index (κ1) is 19.1. The highest BCUT2D eigenvalue weighted by atomic mass is 32.2. The first-order valence-electron chi connectivity index (χ1n) is 7.95. The van der Waals surface area contributed by atoms with Crippen molar-refractivity contribution in [1.29, 1.82) is 0 Å². The first-order chi connectivity index (χ1) is 11.4. The highest BCUT2D eigenvalue weighted by Gasteiger charge is 2.17. The minimum absolute atomic E-state index is 0.00688. The highest BCUT2D eigenvalue weighted by molar-refractivity contribution is 7.89. The van der Waals surface area contributed by atoms with Crippen LogP contribution in [0.5, 0.6) is 0 Å². The van der Waals surface area contributed by atoms with E-state index in [9.17, 15) is 13.2 Å². The number of anilines is 1. The molecule has 0 aliphatic carbocycles. The molecular weight excluding hydrogens is 336 g/mol. The lowest BCUT2D eigenvalue weighted by molar-refractivity contribution is 0.102. The Morgan fingerprint density at radius 1 is 1.00 bits per heavy atom. The third kappa shape index (κ3) is 4.46. The van der Waals surface area contributed by atoms with Crippen molar-refractivity contribution in [3.05, 3.63) is 58.7 Å². The fraction of sp³-hybridized carbons (Fsp3) is 0.316. The molecule has 5 nitrogen and oxygen atoms in total. The minimum atomic E-state index is -3.85. The average molecular weight is 360 g/mol. The zero-order chi connectivity index (χ0) is 19.0. The lowest BCUT2D eigenvalue weighted by Gasteiger charge is -2.19. The second-order valence-electron chi connectivity index (χ2n) is 7.26. The van der Waals surface area contributed by atoms with Gasteiger partial charge in [-0.2, -0.15) is 0 Å². The van der Waals surface area contributed by atoms with Gasteiger partial charge >= 0.3 is 0 Å². The van der Waals surface area contributed by atoms with E-state index < -0.39 is 10.0 Å². The van der Waals surface area contributed by atoms with Gasteiger partial charge in [0.05, 0.1) is 4.90 Å². The predicted molar refractivity (Wildman–Crippen MR) is 100 cm³/mol. The Bertz CT molecular complexity index is 909. The van der Waals surface area contributed by atoms with Gasteiger partial charge in [0.25, 0.3) is 5.91 Å². The molecule has 0 aliphatic heterocycles. The van der Waals surface area contributed by atoms with Crippen LogP contribution in [-0.2, 0) is 15.4 Å². The molecule has 0 atom stereocenters. The van der Waals surface area contributed by atoms with Crippen LogP contribution in [-0.4, -0.2) is 14.3 Å². The third-order valence-electron chi connectivity index (χ3n) is 4.09. The van der Waals surface area contributed by atoms with Gasteiger partial charge in [-0.25, -0.2) is 13.6 Å². The number of rotatable bonds is 3. The summed E-state index contributed by atoms with van der Waals surface area (Å²) < 4.78 is 23.3. The number of carbonyl (C=O) groups excluding carboxylic acids is 1. The molecule has 6 heteroatoms. The van der Waals surface area contributed by atoms with Crippen LogP contribution < -0.4 is 10.5 Å². The van der Waals surface area contributed by atoms with Crippen LogP contribution in [0.3, 0.4) is 0 Å². The number of hydrogen-bond acceptors (Lipinski definition) is 3. The van der Waals surface area contributed by atoms with Crippen molar-refractivity contribution in [2.75, 3.05) is 5.32 Å². The summed E-state index contributed by atoms with van der Waals surface area (Å²) in [5, 5.41) is 8.00. The molecule has 2 aromatic carbocycles. The van der Waals surface area contributed by atoms with Crippen molar-refractivity contribution in [3.8, 4) is 0 Å². The van der Waals surface area contributed by atoms with Crippen LogP contribution in [0.4, 0.5) is 5.69 Å². The van der Waals surface area contributed by atoms with E-state index in [1.165, 1.54) is 6.07 Å². The summed E-state index contributed by atoms with van der Waals surface area (Å²) in [6.07, 6.45) is 0. The Hall–Kier alpha value is -2.18. The topological polar surface area (TPSA) is 89.3 Å². The van der Waals surface area contributed by atoms with Crippen LogP contribution in [0.15, 0.2) is 41.3 Å². The van der Waals surface area contributed by atoms with Crippen LogP contribution in [0, 0.1) is 13.8 Å². The van der Waals surface area contributed by atoms with Gasteiger partial charge in [-0.1, -0.05) is 39.0 Å². The van der Waals surface area contributed by atoms with Gasteiger partial charge in [0.1, 0.15) is 0 Å². The van der Waals surface area contributed by atoms with E-state index >= 15 is 0 Å². The lowest BCUT2D eigenvalue weighted by atomic mass is 9.87. The van der Waals surface area contributed by atoms with Gasteiger partial charge < -0.3 is 5.32 Å². The second kappa shape index (κ2) is 6.61. The molecule has 0 spiro atoms. The van der Waals surface area contributed by atoms with Crippen molar-refractivity contribution in [2.24, 2.45) is 5.14 Å². The monoisotopic (exact) mass is 360 g/mol. The van der Waals surface area contributed by atoms with Crippen molar-refractivity contribution in [3.63, 3.8) is 0 Å². The molecular formula is C19H24N2O3S. The molecule has 0 bridgehead atoms. The molecule has 134 valence electrons. The second-order valence-corrected chi connectivity index (χ2v) is 8.79. The van der Waals surface area contributed by atoms with E-state index in [-0.39, 0.29) is 16.2 Å². The number of benzene rings is 2. The summed E-state index contributed by atoms with van der Waals surface area (Å²) in [6.45, 7) is 9.79. The van der Waals surface area contributed by atoms with E-state index in [2.05, 4.69) is 26.1 Å². The van der Waals surface area contributed by atoms with Gasteiger partial charge in [0, 0.05) is 11.3 Å². The normalized spacial score (nSPS) is 12.1. The number of primary sulfonamides is 1. The van der Waals surface area contributed by atoms with Crippen LogP contribution in [0.25, 0.3) is 0 Å². The van der Waals surface area contributed by atoms with Crippen molar-refractivity contribution in [2.45, 2.75) is 44.9 Å². The van der Waals surface area contributed by atoms with E-state index in [0.717, 1.165) is 11.1 Å². The number of sulfonamides is 1. The van der Waals surface area contributed by atoms with Crippen LogP contribution in [0.2, 0.25) is 0 Å². The number of hydrogen-bond donors (Lipinski definition) is 2. The quantitative estimate of drug-likeness (QED) is 0.878. The lowest BCUT2D eigenvalue weighted by Crippen LogP contribution is -2.17. The SMILES string of the molecule is Cc1cc(C)c(S(N)(=O)=O)cc1NC(=O)c1ccc(C(C)(C)C)cc1. The maximum Gasteiger partial charge on any atom is 0.255 e. The molecule has 0 unspecified atom stereocenters. The van der Waals surface area contributed by atoms with Crippen molar-refractivity contribution in [1.82, 2.24) is 0 Å². The number of aryl methyl sites for hydroxylation is 2. The van der Waals surface area contributed by atoms with Crippen molar-refractivity contribution >= 4 is 21.6 Å². The Morgan fingerprint density at radius 2 is 1.56 bits per heavy atom. The molecule has 0 fully saturated rings. The average Bonchev–Trinajstić information content (AvgIpc) is 2.48. The van der Waals surface area contributed by atoms with E-state index in [0.29, 0.717) is 16.8 Å². The van der Waals surface area contributed by atoms with Gasteiger partial charge in [0.15, 0.2) is 0 Å². The minimum Gasteiger partial charge on any atom is -0.322 e. The van der Waals surface area contributed by atoms with Gasteiger partial charge in [-0.05, 0) is 54.2 Å². The van der Waals surface area contributed by atoms with Crippen LogP contribution >= 0.6 is 0 Å². The molecule has 3 N–H and O–H groups in total. The summed E-state index contributed by atoms with van der Waals surface area (Å²) in [5.41, 5.74) is 3.39. The standard InChI is InChI=1S/C19H24N2O3S/c1-12-10-13(2)17(25(20,23)24)11-16(12)21-18(22)14-6-8-15(9-7-14)19(3,4)5/h6-11H,1-5H3,(H,21,22)(H2,20,23,24). The van der Waals surface area contributed by atoms with E-state index in [1.807, 2.05) is 12.1 Å². The molecule has 2 rings (SSSR count). The zero-order valence-corrected chi connectivity index (χ0v) is 16.0. The number of amides is 1. The van der Waals surface area contributed by atoms with E-state index in [4.69, 9.17) is 5.14 Å². The number of nitrogens with one attached hydrogen (secondary N) is 1. The maximum atomic E-state index is 12.5. The van der Waals surface area contributed by atoms with Crippen LogP contribution in [0.1, 0.15) is 47.8 Å². The predicted octanol–water partition coefficient (Wildman–Crippen LogP) is 3.50. The fourth-order valence-electron chi connectivity index (χ4n) is 2.59. The van der Waals surface area contributed by atoms with Gasteiger partial charge in [0.2, 0.25) is 10.0 Å². The fourth-order valence-corrected chi connectivity index (χ4v) is 3.38. The molecule has 0 radical (unpaired) electrons. The summed E-state index contributed by atoms with van der Waals surface area (Å²) in [7, 11) is -3.85. The molecule has 25 heavy (non-hydrogen) atoms. The molecule has 0 heterocycles. The highest BCUT2D eigenvalue weighted by Crippen LogP contribution is 2.25. The summed E-state index contributed by atoms with van der Waals surface area (Å²) in [4.78, 5) is 12.5. The largest absolute Gasteiger partial charge is 0.322 e. The maximum absolute atomic E-state index is 12.5. The zero-order valence-electron chi connectivity index (χ0n) is 15.2. The van der Waals surface area contributed by atoms with E-state index in [1.54, 1.807) is 32.0 Å². The molecule has 0 aliphatic rings. The number of nitrogens with two attached hydrogens (primary N) is 1. The molecule has 0 saturated heterocycles. The number of carbonyl (C=O) groups is 1. The Balaban J connectivity index is 2.32. The molecule has 0 saturated carbocycles. The Kier molecular flexibility index (Phi) is 5.06. The smallest absolute Gasteiger partial charge is 0.255 e. The molecule has 2 aromatic rings.